The molecule has 1 aliphatic heterocycles. The monoisotopic (exact) mass is 376 g/mol. The molecule has 1 fully saturated rings. The van der Waals surface area contributed by atoms with Gasteiger partial charge in [-0.3, -0.25) is 4.79 Å². The molecule has 1 amide bonds. The van der Waals surface area contributed by atoms with E-state index in [-0.39, 0.29) is 11.8 Å². The van der Waals surface area contributed by atoms with Gasteiger partial charge in [0.1, 0.15) is 12.1 Å². The molecule has 1 N–H and O–H groups in total. The summed E-state index contributed by atoms with van der Waals surface area (Å²) in [4.78, 5) is 23.3. The first kappa shape index (κ1) is 18.2. The molecule has 0 aliphatic carbocycles. The number of carbonyl (C=O) groups is 1. The molecule has 3 aromatic rings. The molecule has 0 saturated carbocycles. The molecule has 1 saturated heterocycles. The van der Waals surface area contributed by atoms with Crippen molar-refractivity contribution in [3.63, 3.8) is 0 Å². The minimum Gasteiger partial charge on any atom is -0.355 e. The molecular weight excluding hydrogens is 352 g/mol. The van der Waals surface area contributed by atoms with Crippen LogP contribution in [0, 0.1) is 19.8 Å². The maximum Gasteiger partial charge on any atom is 0.231 e. The van der Waals surface area contributed by atoms with Crippen LogP contribution in [0.25, 0.3) is 5.82 Å². The van der Waals surface area contributed by atoms with Gasteiger partial charge in [-0.05, 0) is 44.0 Å². The Morgan fingerprint density at radius 2 is 1.82 bits per heavy atom. The highest BCUT2D eigenvalue weighted by atomic mass is 16.2. The number of hydrogen-bond acceptors (Lipinski definition) is 5. The molecule has 0 bridgehead atoms. The maximum atomic E-state index is 12.5. The molecule has 7 heteroatoms. The summed E-state index contributed by atoms with van der Waals surface area (Å²) < 4.78 is 1.81. The smallest absolute Gasteiger partial charge is 0.231 e. The van der Waals surface area contributed by atoms with E-state index in [2.05, 4.69) is 32.2 Å². The predicted molar refractivity (Wildman–Crippen MR) is 109 cm³/mol. The van der Waals surface area contributed by atoms with Crippen molar-refractivity contribution in [1.29, 1.82) is 0 Å². The Kier molecular flexibility index (Phi) is 4.81. The van der Waals surface area contributed by atoms with Crippen LogP contribution in [0.5, 0.6) is 0 Å². The van der Waals surface area contributed by atoms with E-state index in [1.54, 1.807) is 6.33 Å². The van der Waals surface area contributed by atoms with E-state index in [0.717, 1.165) is 35.1 Å². The van der Waals surface area contributed by atoms with Gasteiger partial charge in [0.15, 0.2) is 5.82 Å². The van der Waals surface area contributed by atoms with Crippen molar-refractivity contribution >= 4 is 17.4 Å². The Morgan fingerprint density at radius 1 is 1.11 bits per heavy atom. The second-order valence-electron chi connectivity index (χ2n) is 7.21. The van der Waals surface area contributed by atoms with Crippen molar-refractivity contribution in [3.05, 3.63) is 59.7 Å². The lowest BCUT2D eigenvalue weighted by molar-refractivity contribution is -0.120. The van der Waals surface area contributed by atoms with Crippen LogP contribution in [0.2, 0.25) is 0 Å². The summed E-state index contributed by atoms with van der Waals surface area (Å²) in [5.41, 5.74) is 4.08. The van der Waals surface area contributed by atoms with E-state index < -0.39 is 0 Å². The van der Waals surface area contributed by atoms with Gasteiger partial charge < -0.3 is 10.2 Å². The van der Waals surface area contributed by atoms with Gasteiger partial charge in [-0.1, -0.05) is 19.1 Å². The molecule has 4 rings (SSSR count). The molecule has 7 nitrogen and oxygen atoms in total. The quantitative estimate of drug-likeness (QED) is 0.741. The third-order valence-electron chi connectivity index (χ3n) is 5.07. The van der Waals surface area contributed by atoms with Gasteiger partial charge in [-0.15, -0.1) is 0 Å². The van der Waals surface area contributed by atoms with Crippen molar-refractivity contribution in [2.75, 3.05) is 23.3 Å². The van der Waals surface area contributed by atoms with Crippen LogP contribution in [-0.2, 0) is 11.2 Å². The number of benzene rings is 1. The fourth-order valence-electron chi connectivity index (χ4n) is 3.39. The van der Waals surface area contributed by atoms with Crippen LogP contribution in [0.1, 0.15) is 23.9 Å². The highest BCUT2D eigenvalue weighted by Crippen LogP contribution is 2.25. The van der Waals surface area contributed by atoms with Gasteiger partial charge >= 0.3 is 0 Å². The summed E-state index contributed by atoms with van der Waals surface area (Å²) in [6.07, 6.45) is 2.54. The molecule has 28 heavy (non-hydrogen) atoms. The predicted octanol–water partition coefficient (Wildman–Crippen LogP) is 2.92. The SMILES string of the molecule is CCc1ccc(NC(=O)C2CN(c3cc(-n4nc(C)cc4C)ncn3)C2)cc1. The van der Waals surface area contributed by atoms with Crippen LogP contribution < -0.4 is 10.2 Å². The second-order valence-corrected chi connectivity index (χ2v) is 7.21. The Labute approximate surface area is 164 Å². The molecule has 2 aromatic heterocycles. The first-order chi connectivity index (χ1) is 13.5. The summed E-state index contributed by atoms with van der Waals surface area (Å²) in [6.45, 7) is 7.36. The van der Waals surface area contributed by atoms with Gasteiger partial charge in [0.25, 0.3) is 0 Å². The summed E-state index contributed by atoms with van der Waals surface area (Å²) in [7, 11) is 0. The third kappa shape index (κ3) is 3.60. The summed E-state index contributed by atoms with van der Waals surface area (Å²) in [6, 6.07) is 11.9. The number of hydrogen-bond donors (Lipinski definition) is 1. The molecular formula is C21H24N6O. The number of carbonyl (C=O) groups excluding carboxylic acids is 1. The van der Waals surface area contributed by atoms with Gasteiger partial charge in [0, 0.05) is 30.5 Å². The number of amides is 1. The van der Waals surface area contributed by atoms with E-state index in [4.69, 9.17) is 0 Å². The van der Waals surface area contributed by atoms with Crippen LogP contribution in [-0.4, -0.2) is 38.7 Å². The van der Waals surface area contributed by atoms with Crippen molar-refractivity contribution in [2.24, 2.45) is 5.92 Å². The number of nitrogens with zero attached hydrogens (tertiary/aromatic N) is 5. The fraction of sp³-hybridized carbons (Fsp3) is 0.333. The number of rotatable bonds is 5. The lowest BCUT2D eigenvalue weighted by Crippen LogP contribution is -2.52. The Balaban J connectivity index is 1.39. The lowest BCUT2D eigenvalue weighted by Gasteiger charge is -2.39. The summed E-state index contributed by atoms with van der Waals surface area (Å²) in [5.74, 6) is 1.56. The largest absolute Gasteiger partial charge is 0.355 e. The van der Waals surface area contributed by atoms with Crippen LogP contribution >= 0.6 is 0 Å². The van der Waals surface area contributed by atoms with Crippen LogP contribution in [0.4, 0.5) is 11.5 Å². The Morgan fingerprint density at radius 3 is 2.46 bits per heavy atom. The molecule has 144 valence electrons. The minimum absolute atomic E-state index is 0.0436. The maximum absolute atomic E-state index is 12.5. The molecule has 0 unspecified atom stereocenters. The minimum atomic E-state index is -0.0436. The highest BCUT2D eigenvalue weighted by Gasteiger charge is 2.33. The highest BCUT2D eigenvalue weighted by molar-refractivity contribution is 5.94. The van der Waals surface area contributed by atoms with E-state index in [1.807, 2.05) is 54.9 Å². The van der Waals surface area contributed by atoms with Crippen molar-refractivity contribution in [1.82, 2.24) is 19.7 Å². The van der Waals surface area contributed by atoms with Gasteiger partial charge in [0.2, 0.25) is 5.91 Å². The zero-order valence-electron chi connectivity index (χ0n) is 16.4. The van der Waals surface area contributed by atoms with E-state index in [9.17, 15) is 4.79 Å². The number of aryl methyl sites for hydroxylation is 3. The zero-order chi connectivity index (χ0) is 19.7. The molecule has 1 aliphatic rings. The molecule has 0 radical (unpaired) electrons. The fourth-order valence-corrected chi connectivity index (χ4v) is 3.39. The Bertz CT molecular complexity index is 988. The normalized spacial score (nSPS) is 14.0. The summed E-state index contributed by atoms with van der Waals surface area (Å²) in [5, 5.41) is 7.47. The van der Waals surface area contributed by atoms with E-state index in [1.165, 1.54) is 5.56 Å². The third-order valence-corrected chi connectivity index (χ3v) is 5.07. The molecule has 1 aromatic carbocycles. The molecule has 0 atom stereocenters. The molecule has 3 heterocycles. The standard InChI is InChI=1S/C21H24N6O/c1-4-16-5-7-18(8-6-16)24-21(28)17-11-26(12-17)19-10-20(23-13-22-19)27-15(3)9-14(2)25-27/h5-10,13,17H,4,11-12H2,1-3H3,(H,24,28). The van der Waals surface area contributed by atoms with Crippen molar-refractivity contribution in [2.45, 2.75) is 27.2 Å². The number of aromatic nitrogens is 4. The van der Waals surface area contributed by atoms with E-state index in [0.29, 0.717) is 13.1 Å². The second kappa shape index (κ2) is 7.42. The van der Waals surface area contributed by atoms with Crippen LogP contribution in [0.15, 0.2) is 42.7 Å². The number of anilines is 2. The lowest BCUT2D eigenvalue weighted by atomic mass is 9.99. The summed E-state index contributed by atoms with van der Waals surface area (Å²) >= 11 is 0. The zero-order valence-corrected chi connectivity index (χ0v) is 16.4. The molecule has 0 spiro atoms. The van der Waals surface area contributed by atoms with Crippen LogP contribution in [0.3, 0.4) is 0 Å². The number of nitrogens with one attached hydrogen (secondary N) is 1. The van der Waals surface area contributed by atoms with Gasteiger partial charge in [-0.2, -0.15) is 5.10 Å². The van der Waals surface area contributed by atoms with Gasteiger partial charge in [0.05, 0.1) is 11.6 Å². The Hall–Kier alpha value is -3.22. The van der Waals surface area contributed by atoms with Crippen molar-refractivity contribution < 1.29 is 4.79 Å². The first-order valence-electron chi connectivity index (χ1n) is 9.54. The average molecular weight is 376 g/mol. The topological polar surface area (TPSA) is 75.9 Å². The van der Waals surface area contributed by atoms with Gasteiger partial charge in [-0.25, -0.2) is 14.6 Å². The average Bonchev–Trinajstić information content (AvgIpc) is 2.99. The van der Waals surface area contributed by atoms with Crippen molar-refractivity contribution in [3.8, 4) is 5.82 Å². The first-order valence-corrected chi connectivity index (χ1v) is 9.54. The van der Waals surface area contributed by atoms with E-state index >= 15 is 0 Å².